The van der Waals surface area contributed by atoms with Gasteiger partial charge in [-0.25, -0.2) is 9.59 Å². The van der Waals surface area contributed by atoms with Crippen molar-refractivity contribution < 1.29 is 29.3 Å². The van der Waals surface area contributed by atoms with Crippen molar-refractivity contribution in [1.29, 1.82) is 0 Å². The molecule has 2 unspecified atom stereocenters. The number of carboxylic acids is 2. The Morgan fingerprint density at radius 1 is 1.26 bits per heavy atom. The number of nitrogens with zero attached hydrogens (tertiary/aromatic N) is 1. The Morgan fingerprint density at radius 3 is 2.63 bits per heavy atom. The molecular formula is C19H20N2O6. The smallest absolute Gasteiger partial charge is 0.332 e. The summed E-state index contributed by atoms with van der Waals surface area (Å²) in [7, 11) is 0. The number of ether oxygens (including phenoxy) is 2. The number of carboxylic acid groups (broad SMARTS) is 2. The van der Waals surface area contributed by atoms with Crippen LogP contribution in [0.25, 0.3) is 10.9 Å². The lowest BCUT2D eigenvalue weighted by Gasteiger charge is -2.21. The van der Waals surface area contributed by atoms with Gasteiger partial charge in [-0.3, -0.25) is 0 Å². The topological polar surface area (TPSA) is 124 Å². The molecular weight excluding hydrogens is 352 g/mol. The van der Waals surface area contributed by atoms with E-state index in [9.17, 15) is 14.7 Å². The van der Waals surface area contributed by atoms with Gasteiger partial charge in [0, 0.05) is 47.3 Å². The summed E-state index contributed by atoms with van der Waals surface area (Å²) >= 11 is 0. The first-order chi connectivity index (χ1) is 12.9. The van der Waals surface area contributed by atoms with E-state index >= 15 is 0 Å². The Hall–Kier alpha value is -3.00. The van der Waals surface area contributed by atoms with Crippen LogP contribution < -0.4 is 15.2 Å². The zero-order chi connectivity index (χ0) is 19.3. The molecule has 0 fully saturated rings. The Kier molecular flexibility index (Phi) is 4.07. The summed E-state index contributed by atoms with van der Waals surface area (Å²) in [4.78, 5) is 22.6. The van der Waals surface area contributed by atoms with Crippen molar-refractivity contribution >= 4 is 22.8 Å². The van der Waals surface area contributed by atoms with Crippen molar-refractivity contribution in [2.45, 2.75) is 32.4 Å². The van der Waals surface area contributed by atoms with E-state index < -0.39 is 23.9 Å². The maximum atomic E-state index is 11.6. The van der Waals surface area contributed by atoms with Gasteiger partial charge >= 0.3 is 11.9 Å². The highest BCUT2D eigenvalue weighted by Gasteiger charge is 2.32. The molecule has 1 aromatic heterocycles. The molecule has 0 saturated heterocycles. The number of rotatable bonds is 5. The van der Waals surface area contributed by atoms with Crippen LogP contribution >= 0.6 is 0 Å². The van der Waals surface area contributed by atoms with Gasteiger partial charge in [0.2, 0.25) is 6.79 Å². The molecule has 1 aromatic carbocycles. The van der Waals surface area contributed by atoms with Gasteiger partial charge in [-0.05, 0) is 24.5 Å². The Balaban J connectivity index is 1.86. The molecule has 2 aliphatic rings. The summed E-state index contributed by atoms with van der Waals surface area (Å²) in [5.74, 6) is -1.95. The quantitative estimate of drug-likeness (QED) is 0.686. The van der Waals surface area contributed by atoms with Crippen molar-refractivity contribution in [3.05, 3.63) is 35.0 Å². The molecule has 0 aliphatic carbocycles. The summed E-state index contributed by atoms with van der Waals surface area (Å²) < 4.78 is 13.1. The highest BCUT2D eigenvalue weighted by molar-refractivity contribution is 5.95. The van der Waals surface area contributed by atoms with Crippen molar-refractivity contribution in [2.75, 3.05) is 6.79 Å². The summed E-state index contributed by atoms with van der Waals surface area (Å²) in [5.41, 5.74) is 9.17. The maximum absolute atomic E-state index is 11.6. The number of hydrogen-bond acceptors (Lipinski definition) is 5. The second kappa shape index (κ2) is 6.31. The first-order valence-corrected chi connectivity index (χ1v) is 8.76. The SMILES string of the molecule is CC(C(=CC(=O)O)C(=O)O)C(N)c1c2n(c3cc4c(cc13)OCO4)CCC2. The van der Waals surface area contributed by atoms with Gasteiger partial charge in [0.25, 0.3) is 0 Å². The molecule has 0 spiro atoms. The van der Waals surface area contributed by atoms with Crippen molar-refractivity contribution in [2.24, 2.45) is 11.7 Å². The van der Waals surface area contributed by atoms with Crippen LogP contribution in [0.15, 0.2) is 23.8 Å². The average Bonchev–Trinajstić information content (AvgIpc) is 3.31. The zero-order valence-electron chi connectivity index (χ0n) is 14.8. The summed E-state index contributed by atoms with van der Waals surface area (Å²) in [6.07, 6.45) is 2.53. The van der Waals surface area contributed by atoms with Crippen LogP contribution in [0.3, 0.4) is 0 Å². The molecule has 0 bridgehead atoms. The lowest BCUT2D eigenvalue weighted by atomic mass is 9.86. The number of carbonyl (C=O) groups is 2. The molecule has 2 atom stereocenters. The van der Waals surface area contributed by atoms with Crippen LogP contribution in [0.2, 0.25) is 0 Å². The molecule has 3 heterocycles. The number of benzene rings is 1. The molecule has 8 nitrogen and oxygen atoms in total. The third kappa shape index (κ3) is 2.73. The minimum absolute atomic E-state index is 0.164. The Morgan fingerprint density at radius 2 is 1.96 bits per heavy atom. The van der Waals surface area contributed by atoms with Crippen molar-refractivity contribution in [3.63, 3.8) is 0 Å². The minimum atomic E-state index is -1.30. The first kappa shape index (κ1) is 17.4. The van der Waals surface area contributed by atoms with Crippen molar-refractivity contribution in [3.8, 4) is 11.5 Å². The number of nitrogens with two attached hydrogens (primary N) is 1. The van der Waals surface area contributed by atoms with Gasteiger partial charge in [-0.2, -0.15) is 0 Å². The normalized spacial score (nSPS) is 17.8. The van der Waals surface area contributed by atoms with E-state index in [2.05, 4.69) is 4.57 Å². The van der Waals surface area contributed by atoms with Gasteiger partial charge < -0.3 is 30.0 Å². The van der Waals surface area contributed by atoms with E-state index in [1.807, 2.05) is 12.1 Å². The summed E-state index contributed by atoms with van der Waals surface area (Å²) in [6.45, 7) is 2.66. The van der Waals surface area contributed by atoms with E-state index in [1.165, 1.54) is 0 Å². The largest absolute Gasteiger partial charge is 0.478 e. The van der Waals surface area contributed by atoms with E-state index in [0.717, 1.165) is 47.6 Å². The van der Waals surface area contributed by atoms with Crippen LogP contribution in [-0.4, -0.2) is 33.5 Å². The van der Waals surface area contributed by atoms with E-state index in [0.29, 0.717) is 11.5 Å². The third-order valence-corrected chi connectivity index (χ3v) is 5.39. The number of fused-ring (bicyclic) bond motifs is 4. The third-order valence-electron chi connectivity index (χ3n) is 5.39. The summed E-state index contributed by atoms with van der Waals surface area (Å²) in [6, 6.07) is 3.15. The standard InChI is InChI=1S/C19H20N2O6/c1-9(10(19(24)25)6-16(22)23)18(20)17-11-5-14-15(27-8-26-14)7-13(11)21-4-2-3-12(17)21/h5-7,9,18H,2-4,8,20H2,1H3,(H,22,23)(H,24,25). The van der Waals surface area contributed by atoms with Crippen LogP contribution in [-0.2, 0) is 22.6 Å². The van der Waals surface area contributed by atoms with Gasteiger partial charge in [-0.1, -0.05) is 6.92 Å². The second-order valence-corrected chi connectivity index (χ2v) is 6.90. The predicted molar refractivity (Wildman–Crippen MR) is 95.8 cm³/mol. The number of aromatic nitrogens is 1. The lowest BCUT2D eigenvalue weighted by molar-refractivity contribution is -0.135. The second-order valence-electron chi connectivity index (χ2n) is 6.90. The van der Waals surface area contributed by atoms with Gasteiger partial charge in [-0.15, -0.1) is 0 Å². The highest BCUT2D eigenvalue weighted by atomic mass is 16.7. The molecule has 8 heteroatoms. The molecule has 2 aliphatic heterocycles. The molecule has 0 amide bonds. The molecule has 142 valence electrons. The van der Waals surface area contributed by atoms with E-state index in [4.69, 9.17) is 20.3 Å². The van der Waals surface area contributed by atoms with Crippen LogP contribution in [0, 0.1) is 5.92 Å². The molecule has 0 radical (unpaired) electrons. The molecule has 4 rings (SSSR count). The van der Waals surface area contributed by atoms with Gasteiger partial charge in [0.1, 0.15) is 0 Å². The van der Waals surface area contributed by atoms with Crippen LogP contribution in [0.5, 0.6) is 11.5 Å². The highest BCUT2D eigenvalue weighted by Crippen LogP contribution is 2.44. The van der Waals surface area contributed by atoms with Crippen LogP contribution in [0.4, 0.5) is 0 Å². The molecule has 27 heavy (non-hydrogen) atoms. The van der Waals surface area contributed by atoms with E-state index in [1.54, 1.807) is 6.92 Å². The monoisotopic (exact) mass is 372 g/mol. The Bertz CT molecular complexity index is 990. The van der Waals surface area contributed by atoms with E-state index in [-0.39, 0.29) is 12.4 Å². The number of aryl methyl sites for hydroxylation is 1. The minimum Gasteiger partial charge on any atom is -0.478 e. The number of hydrogen-bond donors (Lipinski definition) is 3. The fraction of sp³-hybridized carbons (Fsp3) is 0.368. The predicted octanol–water partition coefficient (Wildman–Crippen LogP) is 2.05. The Labute approximate surface area is 154 Å². The first-order valence-electron chi connectivity index (χ1n) is 8.76. The van der Waals surface area contributed by atoms with Crippen LogP contribution in [0.1, 0.15) is 30.6 Å². The summed E-state index contributed by atoms with van der Waals surface area (Å²) in [5, 5.41) is 19.4. The molecule has 2 aromatic rings. The lowest BCUT2D eigenvalue weighted by Crippen LogP contribution is -2.25. The fourth-order valence-corrected chi connectivity index (χ4v) is 4.08. The molecule has 0 saturated carbocycles. The van der Waals surface area contributed by atoms with Crippen molar-refractivity contribution in [1.82, 2.24) is 4.57 Å². The number of aliphatic carboxylic acids is 2. The molecule has 4 N–H and O–H groups in total. The fourth-order valence-electron chi connectivity index (χ4n) is 4.08. The van der Waals surface area contributed by atoms with Gasteiger partial charge in [0.15, 0.2) is 11.5 Å². The zero-order valence-corrected chi connectivity index (χ0v) is 14.8. The maximum Gasteiger partial charge on any atom is 0.332 e. The average molecular weight is 372 g/mol. The van der Waals surface area contributed by atoms with Gasteiger partial charge in [0.05, 0.1) is 5.52 Å².